The molecule has 0 N–H and O–H groups in total. The second-order valence-corrected chi connectivity index (χ2v) is 3.53. The first-order chi connectivity index (χ1) is 6.60. The third kappa shape index (κ3) is 2.27. The molecule has 1 heterocycles. The lowest BCUT2D eigenvalue weighted by molar-refractivity contribution is 0.110. The van der Waals surface area contributed by atoms with Gasteiger partial charge in [-0.25, -0.2) is 13.8 Å². The predicted molar refractivity (Wildman–Crippen MR) is 51.8 cm³/mol. The Balaban J connectivity index is 3.39. The Hall–Kier alpha value is -0.550. The van der Waals surface area contributed by atoms with Gasteiger partial charge in [0.1, 0.15) is 10.3 Å². The Labute approximate surface area is 92.4 Å². The SMILES string of the molecule is O=Cc1c(CCl)cc(Br)nc1C(F)F. The van der Waals surface area contributed by atoms with E-state index in [0.29, 0.717) is 11.8 Å². The number of halogens is 4. The molecular formula is C8H5BrClF2NO. The molecule has 0 aliphatic rings. The molecule has 6 heteroatoms. The molecule has 0 amide bonds. The number of aromatic nitrogens is 1. The highest BCUT2D eigenvalue weighted by molar-refractivity contribution is 9.10. The summed E-state index contributed by atoms with van der Waals surface area (Å²) in [5.74, 6) is -0.00505. The van der Waals surface area contributed by atoms with Gasteiger partial charge in [0.25, 0.3) is 6.43 Å². The molecule has 1 aromatic heterocycles. The van der Waals surface area contributed by atoms with Gasteiger partial charge in [0.2, 0.25) is 0 Å². The van der Waals surface area contributed by atoms with Crippen LogP contribution in [0, 0.1) is 0 Å². The van der Waals surface area contributed by atoms with Crippen molar-refractivity contribution in [3.05, 3.63) is 27.5 Å². The van der Waals surface area contributed by atoms with Crippen LogP contribution in [0.4, 0.5) is 8.78 Å². The first-order valence-corrected chi connectivity index (χ1v) is 4.91. The second kappa shape index (κ2) is 4.79. The summed E-state index contributed by atoms with van der Waals surface area (Å²) < 4.78 is 25.1. The first kappa shape index (κ1) is 11.5. The Bertz CT molecular complexity index is 359. The molecule has 2 nitrogen and oxygen atoms in total. The largest absolute Gasteiger partial charge is 0.298 e. The zero-order valence-corrected chi connectivity index (χ0v) is 9.15. The number of alkyl halides is 3. The van der Waals surface area contributed by atoms with E-state index in [-0.39, 0.29) is 16.0 Å². The summed E-state index contributed by atoms with van der Waals surface area (Å²) in [6, 6.07) is 1.45. The van der Waals surface area contributed by atoms with E-state index < -0.39 is 12.1 Å². The standard InChI is InChI=1S/C8H5BrClF2NO/c9-6-1-4(2-10)5(3-14)7(13-6)8(11)12/h1,3,8H,2H2. The molecule has 0 saturated heterocycles. The fraction of sp³-hybridized carbons (Fsp3) is 0.250. The van der Waals surface area contributed by atoms with Crippen LogP contribution in [-0.2, 0) is 5.88 Å². The molecule has 0 unspecified atom stereocenters. The van der Waals surface area contributed by atoms with Gasteiger partial charge in [0.15, 0.2) is 6.29 Å². The molecule has 0 aliphatic heterocycles. The van der Waals surface area contributed by atoms with Crippen molar-refractivity contribution in [1.29, 1.82) is 0 Å². The van der Waals surface area contributed by atoms with Crippen molar-refractivity contribution in [2.24, 2.45) is 0 Å². The minimum absolute atomic E-state index is 0.00505. The highest BCUT2D eigenvalue weighted by Gasteiger charge is 2.18. The minimum atomic E-state index is -2.78. The van der Waals surface area contributed by atoms with Crippen LogP contribution in [-0.4, -0.2) is 11.3 Å². The number of rotatable bonds is 3. The summed E-state index contributed by atoms with van der Waals surface area (Å²) in [5.41, 5.74) is -0.318. The predicted octanol–water partition coefficient (Wildman–Crippen LogP) is 3.33. The fourth-order valence-electron chi connectivity index (χ4n) is 1.01. The third-order valence-corrected chi connectivity index (χ3v) is 2.31. The summed E-state index contributed by atoms with van der Waals surface area (Å²) in [6.45, 7) is 0. The van der Waals surface area contributed by atoms with Gasteiger partial charge >= 0.3 is 0 Å². The number of pyridine rings is 1. The number of aldehydes is 1. The lowest BCUT2D eigenvalue weighted by atomic mass is 10.1. The van der Waals surface area contributed by atoms with Crippen molar-refractivity contribution in [1.82, 2.24) is 4.98 Å². The maximum atomic E-state index is 12.4. The Morgan fingerprint density at radius 2 is 2.29 bits per heavy atom. The molecule has 0 aromatic carbocycles. The molecule has 0 saturated carbocycles. The van der Waals surface area contributed by atoms with Crippen LogP contribution in [0.3, 0.4) is 0 Å². The van der Waals surface area contributed by atoms with Gasteiger partial charge in [-0.15, -0.1) is 11.6 Å². The van der Waals surface area contributed by atoms with Crippen LogP contribution < -0.4 is 0 Å². The van der Waals surface area contributed by atoms with Gasteiger partial charge in [-0.3, -0.25) is 4.79 Å². The number of carbonyl (C=O) groups is 1. The van der Waals surface area contributed by atoms with E-state index in [1.54, 1.807) is 0 Å². The van der Waals surface area contributed by atoms with Crippen LogP contribution in [0.5, 0.6) is 0 Å². The average Bonchev–Trinajstić information content (AvgIpc) is 2.16. The Kier molecular flexibility index (Phi) is 3.95. The van der Waals surface area contributed by atoms with Crippen molar-refractivity contribution in [3.8, 4) is 0 Å². The van der Waals surface area contributed by atoms with E-state index in [1.807, 2.05) is 0 Å². The van der Waals surface area contributed by atoms with E-state index in [4.69, 9.17) is 11.6 Å². The number of hydrogen-bond donors (Lipinski definition) is 0. The topological polar surface area (TPSA) is 30.0 Å². The van der Waals surface area contributed by atoms with Gasteiger partial charge in [0, 0.05) is 11.4 Å². The van der Waals surface area contributed by atoms with Gasteiger partial charge in [-0.05, 0) is 27.6 Å². The first-order valence-electron chi connectivity index (χ1n) is 3.58. The minimum Gasteiger partial charge on any atom is -0.298 e. The molecule has 14 heavy (non-hydrogen) atoms. The molecule has 76 valence electrons. The summed E-state index contributed by atoms with van der Waals surface area (Å²) in [4.78, 5) is 14.1. The van der Waals surface area contributed by atoms with E-state index in [9.17, 15) is 13.6 Å². The fourth-order valence-corrected chi connectivity index (χ4v) is 1.70. The van der Waals surface area contributed by atoms with Crippen LogP contribution in [0.15, 0.2) is 10.7 Å². The lowest BCUT2D eigenvalue weighted by Gasteiger charge is -2.07. The lowest BCUT2D eigenvalue weighted by Crippen LogP contribution is -2.02. The van der Waals surface area contributed by atoms with Crippen LogP contribution in [0.2, 0.25) is 0 Å². The van der Waals surface area contributed by atoms with E-state index in [1.165, 1.54) is 6.07 Å². The molecular weight excluding hydrogens is 279 g/mol. The number of carbonyl (C=O) groups excluding carboxylic acids is 1. The Morgan fingerprint density at radius 1 is 1.64 bits per heavy atom. The number of hydrogen-bond acceptors (Lipinski definition) is 2. The molecule has 0 aliphatic carbocycles. The zero-order valence-electron chi connectivity index (χ0n) is 6.81. The summed E-state index contributed by atoms with van der Waals surface area (Å²) in [6.07, 6.45) is -2.44. The molecule has 0 fully saturated rings. The van der Waals surface area contributed by atoms with E-state index in [2.05, 4.69) is 20.9 Å². The highest BCUT2D eigenvalue weighted by atomic mass is 79.9. The van der Waals surface area contributed by atoms with Crippen LogP contribution in [0.25, 0.3) is 0 Å². The molecule has 0 spiro atoms. The molecule has 1 rings (SSSR count). The van der Waals surface area contributed by atoms with E-state index >= 15 is 0 Å². The summed E-state index contributed by atoms with van der Waals surface area (Å²) in [5, 5.41) is 0. The highest BCUT2D eigenvalue weighted by Crippen LogP contribution is 2.26. The van der Waals surface area contributed by atoms with Crippen molar-refractivity contribution in [2.45, 2.75) is 12.3 Å². The second-order valence-electron chi connectivity index (χ2n) is 2.46. The zero-order chi connectivity index (χ0) is 10.7. The molecule has 1 aromatic rings. The Morgan fingerprint density at radius 3 is 2.71 bits per heavy atom. The quantitative estimate of drug-likeness (QED) is 0.484. The van der Waals surface area contributed by atoms with Crippen molar-refractivity contribution in [2.75, 3.05) is 0 Å². The molecule has 0 radical (unpaired) electrons. The normalized spacial score (nSPS) is 10.6. The van der Waals surface area contributed by atoms with Gasteiger partial charge in [-0.2, -0.15) is 0 Å². The van der Waals surface area contributed by atoms with E-state index in [0.717, 1.165) is 0 Å². The molecule has 0 bridgehead atoms. The monoisotopic (exact) mass is 283 g/mol. The van der Waals surface area contributed by atoms with Crippen molar-refractivity contribution >= 4 is 33.8 Å². The van der Waals surface area contributed by atoms with Crippen LogP contribution >= 0.6 is 27.5 Å². The van der Waals surface area contributed by atoms with Gasteiger partial charge in [0.05, 0.1) is 0 Å². The maximum Gasteiger partial charge on any atom is 0.281 e. The van der Waals surface area contributed by atoms with Gasteiger partial charge in [-0.1, -0.05) is 0 Å². The maximum absolute atomic E-state index is 12.4. The average molecular weight is 284 g/mol. The van der Waals surface area contributed by atoms with Crippen LogP contribution in [0.1, 0.15) is 28.0 Å². The molecule has 0 atom stereocenters. The summed E-state index contributed by atoms with van der Waals surface area (Å²) in [7, 11) is 0. The summed E-state index contributed by atoms with van der Waals surface area (Å²) >= 11 is 8.47. The van der Waals surface area contributed by atoms with Crippen molar-refractivity contribution < 1.29 is 13.6 Å². The van der Waals surface area contributed by atoms with Gasteiger partial charge < -0.3 is 0 Å². The smallest absolute Gasteiger partial charge is 0.281 e. The number of nitrogens with zero attached hydrogens (tertiary/aromatic N) is 1. The third-order valence-electron chi connectivity index (χ3n) is 1.61. The van der Waals surface area contributed by atoms with Crippen molar-refractivity contribution in [3.63, 3.8) is 0 Å².